The third-order valence-electron chi connectivity index (χ3n) is 4.50. The summed E-state index contributed by atoms with van der Waals surface area (Å²) < 4.78 is 13.0. The van der Waals surface area contributed by atoms with Gasteiger partial charge in [-0.15, -0.1) is 0 Å². The summed E-state index contributed by atoms with van der Waals surface area (Å²) in [5.74, 6) is -0.684. The van der Waals surface area contributed by atoms with Crippen molar-refractivity contribution in [2.75, 3.05) is 32.7 Å². The van der Waals surface area contributed by atoms with E-state index in [1.807, 2.05) is 6.92 Å². The quantitative estimate of drug-likeness (QED) is 0.875. The van der Waals surface area contributed by atoms with Crippen LogP contribution in [0.25, 0.3) is 0 Å². The van der Waals surface area contributed by atoms with Gasteiger partial charge in [0.15, 0.2) is 6.10 Å². The molecule has 0 aromatic heterocycles. The molecule has 0 saturated carbocycles. The smallest absolute Gasteiger partial charge is 0.256 e. The fourth-order valence-corrected chi connectivity index (χ4v) is 3.01. The average Bonchev–Trinajstić information content (AvgIpc) is 2.84. The van der Waals surface area contributed by atoms with Crippen LogP contribution >= 0.6 is 0 Å². The van der Waals surface area contributed by atoms with E-state index in [0.29, 0.717) is 18.7 Å². The number of likely N-dealkylation sites (tertiary alicyclic amines) is 1. The molecule has 1 aliphatic heterocycles. The number of aliphatic hydroxyl groups excluding tert-OH is 1. The van der Waals surface area contributed by atoms with Crippen molar-refractivity contribution >= 4 is 5.91 Å². The van der Waals surface area contributed by atoms with Crippen molar-refractivity contribution in [2.45, 2.75) is 38.7 Å². The van der Waals surface area contributed by atoms with Crippen molar-refractivity contribution in [3.8, 4) is 0 Å². The van der Waals surface area contributed by atoms with Crippen LogP contribution < -0.4 is 0 Å². The number of aliphatic hydroxyl groups is 1. The molecule has 128 valence electrons. The minimum absolute atomic E-state index is 0.311. The van der Waals surface area contributed by atoms with Gasteiger partial charge in [0.05, 0.1) is 0 Å². The van der Waals surface area contributed by atoms with Crippen LogP contribution in [0.4, 0.5) is 4.39 Å². The number of benzene rings is 1. The Morgan fingerprint density at radius 3 is 2.39 bits per heavy atom. The molecule has 1 aromatic rings. The maximum Gasteiger partial charge on any atom is 0.256 e. The first-order valence-electron chi connectivity index (χ1n) is 8.56. The SMILES string of the molecule is CCN(CCN1CCCCCC1)C(=O)[C@@H](O)c1ccc(F)cc1. The van der Waals surface area contributed by atoms with Crippen LogP contribution in [0.3, 0.4) is 0 Å². The highest BCUT2D eigenvalue weighted by atomic mass is 19.1. The van der Waals surface area contributed by atoms with E-state index >= 15 is 0 Å². The summed E-state index contributed by atoms with van der Waals surface area (Å²) in [4.78, 5) is 16.5. The van der Waals surface area contributed by atoms with Gasteiger partial charge in [-0.25, -0.2) is 4.39 Å². The molecule has 5 heteroatoms. The number of carbonyl (C=O) groups is 1. The van der Waals surface area contributed by atoms with Gasteiger partial charge in [-0.1, -0.05) is 25.0 Å². The summed E-state index contributed by atoms with van der Waals surface area (Å²) in [7, 11) is 0. The molecule has 1 aliphatic rings. The van der Waals surface area contributed by atoms with Crippen molar-refractivity contribution in [1.82, 2.24) is 9.80 Å². The van der Waals surface area contributed by atoms with Crippen LogP contribution in [0.1, 0.15) is 44.3 Å². The highest BCUT2D eigenvalue weighted by molar-refractivity contribution is 5.82. The van der Waals surface area contributed by atoms with E-state index in [2.05, 4.69) is 4.90 Å². The zero-order valence-electron chi connectivity index (χ0n) is 13.9. The van der Waals surface area contributed by atoms with E-state index in [0.717, 1.165) is 19.6 Å². The van der Waals surface area contributed by atoms with E-state index in [1.54, 1.807) is 4.90 Å². The molecular weight excluding hydrogens is 295 g/mol. The summed E-state index contributed by atoms with van der Waals surface area (Å²) in [6.45, 7) is 6.12. The molecule has 1 aromatic carbocycles. The zero-order valence-corrected chi connectivity index (χ0v) is 13.9. The third-order valence-corrected chi connectivity index (χ3v) is 4.50. The standard InChI is InChI=1S/C18H27FN2O2/c1-2-21(14-13-20-11-5-3-4-6-12-20)18(23)17(22)15-7-9-16(19)10-8-15/h7-10,17,22H,2-6,11-14H2,1H3/t17-/m0/s1. The fraction of sp³-hybridized carbons (Fsp3) is 0.611. The van der Waals surface area contributed by atoms with Gasteiger partial charge in [-0.2, -0.15) is 0 Å². The maximum absolute atomic E-state index is 13.0. The number of rotatable bonds is 6. The van der Waals surface area contributed by atoms with E-state index in [9.17, 15) is 14.3 Å². The number of carbonyl (C=O) groups excluding carboxylic acids is 1. The number of nitrogens with zero attached hydrogens (tertiary/aromatic N) is 2. The number of likely N-dealkylation sites (N-methyl/N-ethyl adjacent to an activating group) is 1. The fourth-order valence-electron chi connectivity index (χ4n) is 3.01. The summed E-state index contributed by atoms with van der Waals surface area (Å²) in [6, 6.07) is 5.44. The lowest BCUT2D eigenvalue weighted by molar-refractivity contribution is -0.140. The molecule has 1 atom stereocenters. The Labute approximate surface area is 137 Å². The highest BCUT2D eigenvalue weighted by Gasteiger charge is 2.23. The van der Waals surface area contributed by atoms with E-state index in [-0.39, 0.29) is 11.7 Å². The summed E-state index contributed by atoms with van der Waals surface area (Å²) >= 11 is 0. The van der Waals surface area contributed by atoms with Gasteiger partial charge in [0, 0.05) is 19.6 Å². The molecular formula is C18H27FN2O2. The van der Waals surface area contributed by atoms with Crippen LogP contribution in [0, 0.1) is 5.82 Å². The van der Waals surface area contributed by atoms with Gasteiger partial charge in [0.1, 0.15) is 5.82 Å². The lowest BCUT2D eigenvalue weighted by Gasteiger charge is -2.27. The topological polar surface area (TPSA) is 43.8 Å². The molecule has 0 bridgehead atoms. The minimum Gasteiger partial charge on any atom is -0.378 e. The van der Waals surface area contributed by atoms with Crippen LogP contribution in [0.5, 0.6) is 0 Å². The Kier molecular flexibility index (Phi) is 6.99. The number of hydrogen-bond donors (Lipinski definition) is 1. The Balaban J connectivity index is 1.90. The van der Waals surface area contributed by atoms with Gasteiger partial charge in [0.2, 0.25) is 0 Å². The van der Waals surface area contributed by atoms with Gasteiger partial charge in [0.25, 0.3) is 5.91 Å². The molecule has 4 nitrogen and oxygen atoms in total. The Morgan fingerprint density at radius 1 is 1.22 bits per heavy atom. The highest BCUT2D eigenvalue weighted by Crippen LogP contribution is 2.17. The molecule has 2 rings (SSSR count). The van der Waals surface area contributed by atoms with Gasteiger partial charge >= 0.3 is 0 Å². The van der Waals surface area contributed by atoms with E-state index in [4.69, 9.17) is 0 Å². The lowest BCUT2D eigenvalue weighted by Crippen LogP contribution is -2.41. The van der Waals surface area contributed by atoms with Crippen molar-refractivity contribution < 1.29 is 14.3 Å². The second kappa shape index (κ2) is 8.99. The lowest BCUT2D eigenvalue weighted by atomic mass is 10.1. The zero-order chi connectivity index (χ0) is 16.7. The first kappa shape index (κ1) is 17.9. The Hall–Kier alpha value is -1.46. The molecule has 0 aliphatic carbocycles. The average molecular weight is 322 g/mol. The minimum atomic E-state index is -1.22. The van der Waals surface area contributed by atoms with Crippen molar-refractivity contribution in [3.05, 3.63) is 35.6 Å². The predicted molar refractivity (Wildman–Crippen MR) is 88.5 cm³/mol. The Morgan fingerprint density at radius 2 is 1.83 bits per heavy atom. The monoisotopic (exact) mass is 322 g/mol. The second-order valence-corrected chi connectivity index (χ2v) is 6.13. The number of amides is 1. The summed E-state index contributed by atoms with van der Waals surface area (Å²) in [6.07, 6.45) is 3.79. The third kappa shape index (κ3) is 5.29. The van der Waals surface area contributed by atoms with Crippen molar-refractivity contribution in [3.63, 3.8) is 0 Å². The maximum atomic E-state index is 13.0. The molecule has 1 fully saturated rings. The van der Waals surface area contributed by atoms with Crippen LogP contribution in [-0.4, -0.2) is 53.5 Å². The van der Waals surface area contributed by atoms with Crippen LogP contribution in [0.2, 0.25) is 0 Å². The van der Waals surface area contributed by atoms with Crippen LogP contribution in [0.15, 0.2) is 24.3 Å². The predicted octanol–water partition coefficient (Wildman–Crippen LogP) is 2.58. The second-order valence-electron chi connectivity index (χ2n) is 6.13. The number of hydrogen-bond acceptors (Lipinski definition) is 3. The molecule has 1 heterocycles. The molecule has 1 saturated heterocycles. The summed E-state index contributed by atoms with van der Waals surface area (Å²) in [5, 5.41) is 10.2. The molecule has 0 spiro atoms. The molecule has 0 unspecified atom stereocenters. The Bertz CT molecular complexity index is 484. The molecule has 1 amide bonds. The molecule has 0 radical (unpaired) electrons. The normalized spacial score (nSPS) is 17.5. The largest absolute Gasteiger partial charge is 0.378 e. The molecule has 23 heavy (non-hydrogen) atoms. The summed E-state index contributed by atoms with van der Waals surface area (Å²) in [5.41, 5.74) is 0.435. The van der Waals surface area contributed by atoms with E-state index < -0.39 is 6.10 Å². The van der Waals surface area contributed by atoms with Crippen molar-refractivity contribution in [2.24, 2.45) is 0 Å². The van der Waals surface area contributed by atoms with Gasteiger partial charge < -0.3 is 14.9 Å². The van der Waals surface area contributed by atoms with Gasteiger partial charge in [-0.05, 0) is 50.6 Å². The number of halogens is 1. The van der Waals surface area contributed by atoms with E-state index in [1.165, 1.54) is 49.9 Å². The molecule has 1 N–H and O–H groups in total. The van der Waals surface area contributed by atoms with Crippen LogP contribution in [-0.2, 0) is 4.79 Å². The first-order chi connectivity index (χ1) is 11.1. The van der Waals surface area contributed by atoms with Crippen molar-refractivity contribution in [1.29, 1.82) is 0 Å². The van der Waals surface area contributed by atoms with Gasteiger partial charge in [-0.3, -0.25) is 4.79 Å². The first-order valence-corrected chi connectivity index (χ1v) is 8.56.